The molecule has 27 heavy (non-hydrogen) atoms. The van der Waals surface area contributed by atoms with Gasteiger partial charge in [0.15, 0.2) is 11.2 Å². The SMILES string of the molecule is CCOC(=O)C=CCOc1cc2c(=O)cc(C(=O)OCC)[nH]c2ccc1=O. The zero-order valence-electron chi connectivity index (χ0n) is 14.9. The second-order valence-corrected chi connectivity index (χ2v) is 5.27. The van der Waals surface area contributed by atoms with Crippen LogP contribution in [0.5, 0.6) is 5.75 Å². The Morgan fingerprint density at radius 3 is 2.48 bits per heavy atom. The summed E-state index contributed by atoms with van der Waals surface area (Å²) in [6.45, 7) is 3.71. The quantitative estimate of drug-likeness (QED) is 0.579. The van der Waals surface area contributed by atoms with Crippen molar-refractivity contribution in [2.45, 2.75) is 13.8 Å². The topological polar surface area (TPSA) is 112 Å². The van der Waals surface area contributed by atoms with E-state index in [1.807, 2.05) is 0 Å². The number of H-pyrrole nitrogens is 1. The lowest BCUT2D eigenvalue weighted by atomic mass is 10.2. The van der Waals surface area contributed by atoms with Crippen LogP contribution in [0, 0.1) is 0 Å². The molecule has 2 rings (SSSR count). The molecule has 0 aliphatic rings. The molecule has 0 atom stereocenters. The minimum Gasteiger partial charge on any atom is -0.485 e. The van der Waals surface area contributed by atoms with Crippen LogP contribution in [0.25, 0.3) is 10.9 Å². The molecule has 0 saturated heterocycles. The van der Waals surface area contributed by atoms with E-state index in [1.165, 1.54) is 30.4 Å². The molecular formula is C19H19NO7. The third kappa shape index (κ3) is 5.27. The highest BCUT2D eigenvalue weighted by Gasteiger charge is 2.11. The normalized spacial score (nSPS) is 10.7. The number of carbonyl (C=O) groups is 2. The average molecular weight is 373 g/mol. The van der Waals surface area contributed by atoms with Crippen molar-refractivity contribution in [2.75, 3.05) is 19.8 Å². The van der Waals surface area contributed by atoms with Crippen molar-refractivity contribution in [3.8, 4) is 5.75 Å². The van der Waals surface area contributed by atoms with Crippen molar-refractivity contribution >= 4 is 22.8 Å². The van der Waals surface area contributed by atoms with E-state index in [-0.39, 0.29) is 36.7 Å². The number of rotatable bonds is 7. The van der Waals surface area contributed by atoms with Gasteiger partial charge >= 0.3 is 11.9 Å². The predicted molar refractivity (Wildman–Crippen MR) is 98.1 cm³/mol. The fraction of sp³-hybridized carbons (Fsp3) is 0.263. The van der Waals surface area contributed by atoms with Gasteiger partial charge in [0.25, 0.3) is 0 Å². The van der Waals surface area contributed by atoms with Gasteiger partial charge in [-0.1, -0.05) is 0 Å². The summed E-state index contributed by atoms with van der Waals surface area (Å²) < 4.78 is 14.9. The van der Waals surface area contributed by atoms with Crippen LogP contribution in [-0.2, 0) is 14.3 Å². The molecule has 1 aromatic heterocycles. The first-order valence-electron chi connectivity index (χ1n) is 8.30. The van der Waals surface area contributed by atoms with E-state index in [0.29, 0.717) is 5.52 Å². The maximum Gasteiger partial charge on any atom is 0.354 e. The number of hydrogen-bond acceptors (Lipinski definition) is 7. The minimum absolute atomic E-state index is 0.00663. The standard InChI is InChI=1S/C19H19NO7/c1-3-25-18(23)6-5-9-27-17-10-12-13(7-8-15(17)21)20-14(11-16(12)22)19(24)26-4-2/h5-8,10-11H,3-4,9H2,1-2H3,(H,20,22). The summed E-state index contributed by atoms with van der Waals surface area (Å²) in [7, 11) is 0. The summed E-state index contributed by atoms with van der Waals surface area (Å²) in [4.78, 5) is 50.3. The van der Waals surface area contributed by atoms with Crippen LogP contribution in [0.15, 0.2) is 46.0 Å². The lowest BCUT2D eigenvalue weighted by Gasteiger charge is -2.03. The Morgan fingerprint density at radius 1 is 1.04 bits per heavy atom. The van der Waals surface area contributed by atoms with Crippen molar-refractivity contribution in [3.05, 3.63) is 62.6 Å². The average Bonchev–Trinajstić information content (AvgIpc) is 2.79. The molecule has 1 heterocycles. The first kappa shape index (κ1) is 19.9. The molecule has 8 nitrogen and oxygen atoms in total. The van der Waals surface area contributed by atoms with Crippen LogP contribution in [0.1, 0.15) is 24.3 Å². The van der Waals surface area contributed by atoms with E-state index in [4.69, 9.17) is 14.2 Å². The Bertz CT molecular complexity index is 991. The number of esters is 2. The van der Waals surface area contributed by atoms with Crippen LogP contribution in [0.2, 0.25) is 0 Å². The molecule has 0 bridgehead atoms. The largest absolute Gasteiger partial charge is 0.485 e. The van der Waals surface area contributed by atoms with E-state index in [1.54, 1.807) is 13.8 Å². The third-order valence-electron chi connectivity index (χ3n) is 3.39. The molecule has 0 spiro atoms. The second-order valence-electron chi connectivity index (χ2n) is 5.27. The van der Waals surface area contributed by atoms with Crippen molar-refractivity contribution < 1.29 is 23.8 Å². The van der Waals surface area contributed by atoms with E-state index in [2.05, 4.69) is 4.98 Å². The van der Waals surface area contributed by atoms with Gasteiger partial charge in [0.2, 0.25) is 5.43 Å². The molecule has 0 aliphatic carbocycles. The molecule has 0 saturated carbocycles. The number of nitrogens with one attached hydrogen (secondary N) is 1. The van der Waals surface area contributed by atoms with E-state index in [9.17, 15) is 19.2 Å². The summed E-state index contributed by atoms with van der Waals surface area (Å²) in [6.07, 6.45) is 2.59. The van der Waals surface area contributed by atoms with Crippen LogP contribution in [0.4, 0.5) is 0 Å². The van der Waals surface area contributed by atoms with E-state index >= 15 is 0 Å². The fourth-order valence-corrected chi connectivity index (χ4v) is 2.22. The van der Waals surface area contributed by atoms with Crippen LogP contribution in [0.3, 0.4) is 0 Å². The number of fused-ring (bicyclic) bond motifs is 1. The Labute approximate surface area is 154 Å². The van der Waals surface area contributed by atoms with Gasteiger partial charge in [0.1, 0.15) is 12.3 Å². The molecule has 2 aromatic rings. The third-order valence-corrected chi connectivity index (χ3v) is 3.39. The molecule has 1 aromatic carbocycles. The second kappa shape index (κ2) is 9.33. The van der Waals surface area contributed by atoms with Gasteiger partial charge < -0.3 is 19.2 Å². The molecular weight excluding hydrogens is 354 g/mol. The summed E-state index contributed by atoms with van der Waals surface area (Å²) in [5, 5.41) is 0.175. The number of ether oxygens (including phenoxy) is 3. The number of aromatic nitrogens is 1. The number of hydrogen-bond donors (Lipinski definition) is 1. The van der Waals surface area contributed by atoms with Crippen LogP contribution < -0.4 is 15.6 Å². The highest BCUT2D eigenvalue weighted by Crippen LogP contribution is 2.12. The zero-order valence-corrected chi connectivity index (χ0v) is 14.9. The highest BCUT2D eigenvalue weighted by atomic mass is 16.5. The Morgan fingerprint density at radius 2 is 1.78 bits per heavy atom. The maximum absolute atomic E-state index is 12.3. The van der Waals surface area contributed by atoms with Gasteiger partial charge in [-0.05, 0) is 38.1 Å². The predicted octanol–water partition coefficient (Wildman–Crippen LogP) is 1.56. The molecule has 0 amide bonds. The summed E-state index contributed by atoms with van der Waals surface area (Å²) in [6, 6.07) is 5.01. The van der Waals surface area contributed by atoms with Crippen molar-refractivity contribution in [3.63, 3.8) is 0 Å². The molecule has 0 fully saturated rings. The summed E-state index contributed by atoms with van der Waals surface area (Å²) in [5.74, 6) is -1.24. The summed E-state index contributed by atoms with van der Waals surface area (Å²) >= 11 is 0. The minimum atomic E-state index is -0.661. The first-order chi connectivity index (χ1) is 13.0. The van der Waals surface area contributed by atoms with Crippen molar-refractivity contribution in [1.29, 1.82) is 0 Å². The van der Waals surface area contributed by atoms with Crippen LogP contribution in [-0.4, -0.2) is 36.7 Å². The Balaban J connectivity index is 2.33. The van der Waals surface area contributed by atoms with E-state index < -0.39 is 22.8 Å². The molecule has 1 N–H and O–H groups in total. The monoisotopic (exact) mass is 373 g/mol. The van der Waals surface area contributed by atoms with Crippen molar-refractivity contribution in [1.82, 2.24) is 4.98 Å². The van der Waals surface area contributed by atoms with Gasteiger partial charge in [-0.25, -0.2) is 9.59 Å². The lowest BCUT2D eigenvalue weighted by Crippen LogP contribution is -2.12. The highest BCUT2D eigenvalue weighted by molar-refractivity contribution is 5.91. The Hall–Kier alpha value is -3.42. The molecule has 8 heteroatoms. The number of aromatic amines is 1. The number of pyridine rings is 1. The van der Waals surface area contributed by atoms with Gasteiger partial charge in [-0.2, -0.15) is 0 Å². The van der Waals surface area contributed by atoms with Gasteiger partial charge in [-0.15, -0.1) is 0 Å². The van der Waals surface area contributed by atoms with Gasteiger partial charge in [0.05, 0.1) is 18.7 Å². The fourth-order valence-electron chi connectivity index (χ4n) is 2.22. The van der Waals surface area contributed by atoms with E-state index in [0.717, 1.165) is 6.07 Å². The number of carbonyl (C=O) groups excluding carboxylic acids is 2. The van der Waals surface area contributed by atoms with Gasteiger partial charge in [-0.3, -0.25) is 9.59 Å². The smallest absolute Gasteiger partial charge is 0.354 e. The first-order valence-corrected chi connectivity index (χ1v) is 8.30. The lowest BCUT2D eigenvalue weighted by molar-refractivity contribution is -0.137. The molecule has 0 aliphatic heterocycles. The summed E-state index contributed by atoms with van der Waals surface area (Å²) in [5.41, 5.74) is -0.636. The zero-order chi connectivity index (χ0) is 19.8. The van der Waals surface area contributed by atoms with Gasteiger partial charge in [0, 0.05) is 17.5 Å². The van der Waals surface area contributed by atoms with Crippen molar-refractivity contribution in [2.24, 2.45) is 0 Å². The molecule has 142 valence electrons. The van der Waals surface area contributed by atoms with Crippen LogP contribution >= 0.6 is 0 Å². The molecule has 0 unspecified atom stereocenters. The maximum atomic E-state index is 12.3. The molecule has 0 radical (unpaired) electrons. The Kier molecular flexibility index (Phi) is 6.87.